The zero-order valence-electron chi connectivity index (χ0n) is 19.0. The van der Waals surface area contributed by atoms with Gasteiger partial charge in [-0.25, -0.2) is 0 Å². The van der Waals surface area contributed by atoms with Crippen LogP contribution in [0.5, 0.6) is 0 Å². The molecule has 0 radical (unpaired) electrons. The van der Waals surface area contributed by atoms with Crippen molar-refractivity contribution in [2.75, 3.05) is 0 Å². The molecule has 0 nitrogen and oxygen atoms in total. The van der Waals surface area contributed by atoms with Crippen molar-refractivity contribution < 1.29 is 17.0 Å². The lowest BCUT2D eigenvalue weighted by Gasteiger charge is -2.35. The molecule has 0 aromatic heterocycles. The van der Waals surface area contributed by atoms with Gasteiger partial charge in [0.15, 0.2) is 0 Å². The summed E-state index contributed by atoms with van der Waals surface area (Å²) in [6, 6.07) is 55.7. The molecule has 0 aliphatic heterocycles. The minimum atomic E-state index is -2.05. The van der Waals surface area contributed by atoms with Gasteiger partial charge in [0, 0.05) is 6.42 Å². The summed E-state index contributed by atoms with van der Waals surface area (Å²) >= 11 is 0. The topological polar surface area (TPSA) is 0 Å². The van der Waals surface area contributed by atoms with E-state index < -0.39 is 7.26 Å². The third-order valence-electron chi connectivity index (χ3n) is 6.41. The number of rotatable bonds is 7. The Bertz CT molecular complexity index is 1160. The minimum Gasteiger partial charge on any atom is -1.00 e. The van der Waals surface area contributed by atoms with Crippen LogP contribution in [-0.2, 0) is 6.42 Å². The lowest BCUT2D eigenvalue weighted by molar-refractivity contribution is -0.00000633. The van der Waals surface area contributed by atoms with Crippen LogP contribution in [0.4, 0.5) is 0 Å². The average Bonchev–Trinajstić information content (AvgIpc) is 2.91. The maximum atomic E-state index is 2.34. The molecule has 0 fully saturated rings. The van der Waals surface area contributed by atoms with Gasteiger partial charge in [-0.1, -0.05) is 115 Å². The van der Waals surface area contributed by atoms with E-state index in [-0.39, 0.29) is 17.0 Å². The van der Waals surface area contributed by atoms with Crippen molar-refractivity contribution >= 4 is 23.2 Å². The Morgan fingerprint density at radius 1 is 0.412 bits per heavy atom. The molecule has 2 heteroatoms. The summed E-state index contributed by atoms with van der Waals surface area (Å²) in [5.41, 5.74) is 3.08. The molecule has 0 aliphatic rings. The van der Waals surface area contributed by atoms with E-state index in [1.54, 1.807) is 0 Å². The first-order valence-electron chi connectivity index (χ1n) is 11.5. The summed E-state index contributed by atoms with van der Waals surface area (Å²) in [5, 5.41) is 4.27. The van der Waals surface area contributed by atoms with E-state index in [1.807, 2.05) is 0 Å². The second-order valence-electron chi connectivity index (χ2n) is 8.35. The summed E-state index contributed by atoms with van der Waals surface area (Å²) in [7, 11) is -2.05. The smallest absolute Gasteiger partial charge is 0.119 e. The second kappa shape index (κ2) is 11.4. The van der Waals surface area contributed by atoms with Crippen LogP contribution in [0.1, 0.15) is 16.8 Å². The monoisotopic (exact) mass is 522 g/mol. The highest BCUT2D eigenvalue weighted by molar-refractivity contribution is 7.96. The number of hydrogen-bond acceptors (Lipinski definition) is 0. The van der Waals surface area contributed by atoms with E-state index in [2.05, 4.69) is 152 Å². The Balaban J connectivity index is 0.00000274. The fourth-order valence-corrected chi connectivity index (χ4v) is 9.97. The highest BCUT2D eigenvalue weighted by atomic mass is 79.9. The van der Waals surface area contributed by atoms with Crippen LogP contribution in [0.15, 0.2) is 152 Å². The summed E-state index contributed by atoms with van der Waals surface area (Å²) in [5.74, 6) is 0. The molecule has 1 unspecified atom stereocenters. The van der Waals surface area contributed by atoms with E-state index in [9.17, 15) is 0 Å². The second-order valence-corrected chi connectivity index (χ2v) is 12.0. The van der Waals surface area contributed by atoms with Crippen LogP contribution < -0.4 is 32.9 Å². The van der Waals surface area contributed by atoms with E-state index in [0.29, 0.717) is 5.66 Å². The van der Waals surface area contributed by atoms with Gasteiger partial charge >= 0.3 is 0 Å². The molecule has 0 N–H and O–H groups in total. The number of halogens is 1. The summed E-state index contributed by atoms with van der Waals surface area (Å²) in [6.45, 7) is 0. The first-order chi connectivity index (χ1) is 16.4. The van der Waals surface area contributed by atoms with Gasteiger partial charge in [0.1, 0.15) is 28.8 Å². The molecule has 0 aliphatic carbocycles. The zero-order valence-corrected chi connectivity index (χ0v) is 21.5. The van der Waals surface area contributed by atoms with E-state index in [4.69, 9.17) is 0 Å². The number of hydrogen-bond donors (Lipinski definition) is 0. The Morgan fingerprint density at radius 3 is 1.12 bits per heavy atom. The Morgan fingerprint density at radius 2 is 0.735 bits per heavy atom. The van der Waals surface area contributed by atoms with Gasteiger partial charge in [-0.3, -0.25) is 0 Å². The van der Waals surface area contributed by atoms with Crippen LogP contribution in [0.25, 0.3) is 0 Å². The summed E-state index contributed by atoms with van der Waals surface area (Å²) in [4.78, 5) is 0. The fourth-order valence-electron chi connectivity index (χ4n) is 4.97. The fraction of sp³-hybridized carbons (Fsp3) is 0.0625. The molecule has 0 spiro atoms. The van der Waals surface area contributed by atoms with E-state index in [0.717, 1.165) is 6.42 Å². The van der Waals surface area contributed by atoms with Crippen LogP contribution in [0.2, 0.25) is 0 Å². The molecule has 0 saturated heterocycles. The molecule has 0 amide bonds. The molecule has 34 heavy (non-hydrogen) atoms. The Hall–Kier alpha value is -2.99. The molecule has 0 saturated carbocycles. The quantitative estimate of drug-likeness (QED) is 0.284. The van der Waals surface area contributed by atoms with Crippen molar-refractivity contribution in [2.24, 2.45) is 0 Å². The lowest BCUT2D eigenvalue weighted by Crippen LogP contribution is -3.00. The van der Waals surface area contributed by atoms with E-state index >= 15 is 0 Å². The van der Waals surface area contributed by atoms with Crippen molar-refractivity contribution in [3.63, 3.8) is 0 Å². The molecule has 168 valence electrons. The maximum Gasteiger partial charge on any atom is 0.119 e. The van der Waals surface area contributed by atoms with Gasteiger partial charge in [-0.2, -0.15) is 0 Å². The first kappa shape index (κ1) is 24.1. The third-order valence-corrected chi connectivity index (χ3v) is 11.2. The SMILES string of the molecule is [Br-].c1ccc(CC(c2ccccc2)[P+](c2ccccc2)(c2ccccc2)c2ccccc2)cc1. The molecule has 5 rings (SSSR count). The highest BCUT2D eigenvalue weighted by Crippen LogP contribution is 2.67. The lowest BCUT2D eigenvalue weighted by atomic mass is 10.0. The third kappa shape index (κ3) is 4.78. The maximum absolute atomic E-state index is 2.34. The van der Waals surface area contributed by atoms with Crippen molar-refractivity contribution in [3.05, 3.63) is 163 Å². The van der Waals surface area contributed by atoms with Gasteiger partial charge in [0.25, 0.3) is 0 Å². The minimum absolute atomic E-state index is 0. The predicted octanol–water partition coefficient (Wildman–Crippen LogP) is 3.97. The first-order valence-corrected chi connectivity index (χ1v) is 13.4. The molecular formula is C32H28BrP. The zero-order chi connectivity index (χ0) is 22.3. The molecule has 1 atom stereocenters. The van der Waals surface area contributed by atoms with Crippen LogP contribution in [0.3, 0.4) is 0 Å². The highest BCUT2D eigenvalue weighted by Gasteiger charge is 2.52. The van der Waals surface area contributed by atoms with Gasteiger partial charge in [0.2, 0.25) is 0 Å². The van der Waals surface area contributed by atoms with Gasteiger partial charge in [-0.05, 0) is 47.5 Å². The van der Waals surface area contributed by atoms with Crippen molar-refractivity contribution in [2.45, 2.75) is 12.1 Å². The Kier molecular flexibility index (Phi) is 8.12. The predicted molar refractivity (Wildman–Crippen MR) is 144 cm³/mol. The normalized spacial score (nSPS) is 11.9. The number of benzene rings is 5. The molecule has 0 heterocycles. The standard InChI is InChI=1S/C32H28P.BrH/c1-6-16-27(17-7-1)26-32(28-18-8-2-9-19-28)33(29-20-10-3-11-21-29,30-22-12-4-13-23-30)31-24-14-5-15-25-31;/h1-25,32H,26H2;1H/q+1;/p-1. The van der Waals surface area contributed by atoms with Gasteiger partial charge in [-0.15, -0.1) is 0 Å². The molecule has 5 aromatic carbocycles. The van der Waals surface area contributed by atoms with Crippen molar-refractivity contribution in [1.82, 2.24) is 0 Å². The summed E-state index contributed by atoms with van der Waals surface area (Å²) in [6.07, 6.45) is 0.983. The van der Waals surface area contributed by atoms with E-state index in [1.165, 1.54) is 27.0 Å². The summed E-state index contributed by atoms with van der Waals surface area (Å²) < 4.78 is 0. The van der Waals surface area contributed by atoms with Crippen molar-refractivity contribution in [1.29, 1.82) is 0 Å². The largest absolute Gasteiger partial charge is 1.00 e. The Labute approximate surface area is 214 Å². The van der Waals surface area contributed by atoms with Crippen molar-refractivity contribution in [3.8, 4) is 0 Å². The van der Waals surface area contributed by atoms with Crippen LogP contribution in [-0.4, -0.2) is 0 Å². The van der Waals surface area contributed by atoms with Crippen LogP contribution in [0, 0.1) is 0 Å². The van der Waals surface area contributed by atoms with Crippen LogP contribution >= 0.6 is 7.26 Å². The van der Waals surface area contributed by atoms with Gasteiger partial charge < -0.3 is 17.0 Å². The van der Waals surface area contributed by atoms with Gasteiger partial charge in [0.05, 0.1) is 0 Å². The molecular weight excluding hydrogens is 495 g/mol. The molecule has 0 bridgehead atoms. The average molecular weight is 523 g/mol. The molecule has 5 aromatic rings.